The summed E-state index contributed by atoms with van der Waals surface area (Å²) in [6, 6.07) is 12.9. The number of halogens is 1. The van der Waals surface area contributed by atoms with Crippen LogP contribution in [-0.4, -0.2) is 27.6 Å². The van der Waals surface area contributed by atoms with Crippen LogP contribution in [0.3, 0.4) is 0 Å². The third kappa shape index (κ3) is 6.56. The zero-order valence-corrected chi connectivity index (χ0v) is 24.9. The molecule has 0 spiro atoms. The van der Waals surface area contributed by atoms with Gasteiger partial charge in [-0.3, -0.25) is 9.78 Å². The quantitative estimate of drug-likeness (QED) is 0.150. The highest BCUT2D eigenvalue weighted by Crippen LogP contribution is 2.36. The molecule has 6 N–H and O–H groups in total. The normalized spacial score (nSPS) is 12.8. The van der Waals surface area contributed by atoms with Gasteiger partial charge in [0.1, 0.15) is 6.07 Å². The summed E-state index contributed by atoms with van der Waals surface area (Å²) in [5.41, 5.74) is 10.2. The number of anilines is 2. The lowest BCUT2D eigenvalue weighted by atomic mass is 9.96. The van der Waals surface area contributed by atoms with Crippen molar-refractivity contribution in [1.82, 2.24) is 14.6 Å². The molecule has 2 aromatic carbocycles. The van der Waals surface area contributed by atoms with Crippen LogP contribution < -0.4 is 27.8 Å². The molecule has 0 saturated carbocycles. The molecule has 0 fully saturated rings. The van der Waals surface area contributed by atoms with E-state index in [0.29, 0.717) is 57.0 Å². The standard InChI is InChI=1S/C31H37ClN8O/c1-6-11-40(35)17-26(34)29(22-8-7-9-23-21(22)10-12-39(5)30(23)41)38-20-13-24-27(37-18-31(2,3)4)19(15-33)16-36-28(24)25(32)14-20/h7-10,12-14,16-17,29,38H,6,11,18,34-35H2,1-5H3,(H,36,37)/b26-17-. The molecule has 0 bridgehead atoms. The number of benzene rings is 2. The van der Waals surface area contributed by atoms with Crippen molar-refractivity contribution in [3.8, 4) is 6.07 Å². The number of pyridine rings is 2. The van der Waals surface area contributed by atoms with Gasteiger partial charge >= 0.3 is 0 Å². The van der Waals surface area contributed by atoms with Gasteiger partial charge in [-0.15, -0.1) is 0 Å². The van der Waals surface area contributed by atoms with Crippen LogP contribution in [0.15, 0.2) is 65.5 Å². The van der Waals surface area contributed by atoms with E-state index < -0.39 is 6.04 Å². The van der Waals surface area contributed by atoms with Gasteiger partial charge in [0.15, 0.2) is 0 Å². The van der Waals surface area contributed by atoms with E-state index in [1.165, 1.54) is 6.20 Å². The van der Waals surface area contributed by atoms with Crippen molar-refractivity contribution >= 4 is 44.7 Å². The number of nitrogens with one attached hydrogen (secondary N) is 2. The summed E-state index contributed by atoms with van der Waals surface area (Å²) in [7, 11) is 1.72. The number of nitrogens with two attached hydrogens (primary N) is 2. The van der Waals surface area contributed by atoms with Gasteiger partial charge in [0.2, 0.25) is 0 Å². The molecule has 0 aliphatic rings. The van der Waals surface area contributed by atoms with E-state index >= 15 is 0 Å². The van der Waals surface area contributed by atoms with Crippen molar-refractivity contribution in [2.45, 2.75) is 40.2 Å². The molecule has 2 aromatic heterocycles. The lowest BCUT2D eigenvalue weighted by Crippen LogP contribution is -2.29. The first kappa shape index (κ1) is 29.7. The van der Waals surface area contributed by atoms with Crippen LogP contribution in [0.4, 0.5) is 11.4 Å². The summed E-state index contributed by atoms with van der Waals surface area (Å²) >= 11 is 6.76. The minimum absolute atomic E-state index is 0.0235. The van der Waals surface area contributed by atoms with Gasteiger partial charge in [0.25, 0.3) is 5.56 Å². The monoisotopic (exact) mass is 572 g/mol. The summed E-state index contributed by atoms with van der Waals surface area (Å²) in [5.74, 6) is 6.20. The van der Waals surface area contributed by atoms with Crippen LogP contribution in [0.2, 0.25) is 5.02 Å². The first-order chi connectivity index (χ1) is 19.4. The second kappa shape index (κ2) is 12.1. The molecule has 0 amide bonds. The largest absolute Gasteiger partial charge is 0.399 e. The summed E-state index contributed by atoms with van der Waals surface area (Å²) < 4.78 is 1.55. The number of hydrazine groups is 1. The molecule has 4 rings (SSSR count). The van der Waals surface area contributed by atoms with E-state index in [1.54, 1.807) is 41.2 Å². The molecule has 4 aromatic rings. The fourth-order valence-corrected chi connectivity index (χ4v) is 4.99. The van der Waals surface area contributed by atoms with Crippen LogP contribution in [0.5, 0.6) is 0 Å². The predicted molar refractivity (Wildman–Crippen MR) is 168 cm³/mol. The number of fused-ring (bicyclic) bond motifs is 2. The topological polar surface area (TPSA) is 138 Å². The van der Waals surface area contributed by atoms with Crippen molar-refractivity contribution < 1.29 is 0 Å². The van der Waals surface area contributed by atoms with Gasteiger partial charge in [0.05, 0.1) is 33.5 Å². The number of hydrogen-bond donors (Lipinski definition) is 4. The summed E-state index contributed by atoms with van der Waals surface area (Å²) in [5, 5.41) is 20.9. The van der Waals surface area contributed by atoms with Crippen LogP contribution >= 0.6 is 11.6 Å². The van der Waals surface area contributed by atoms with E-state index in [1.807, 2.05) is 31.2 Å². The van der Waals surface area contributed by atoms with Gasteiger partial charge in [-0.1, -0.05) is 51.4 Å². The Kier molecular flexibility index (Phi) is 8.76. The molecular weight excluding hydrogens is 536 g/mol. The second-order valence-corrected chi connectivity index (χ2v) is 11.8. The number of nitrogens with zero attached hydrogens (tertiary/aromatic N) is 4. The highest BCUT2D eigenvalue weighted by atomic mass is 35.5. The van der Waals surface area contributed by atoms with E-state index in [4.69, 9.17) is 23.2 Å². The van der Waals surface area contributed by atoms with Crippen LogP contribution in [0.1, 0.15) is 51.3 Å². The molecule has 1 atom stereocenters. The molecule has 0 aliphatic carbocycles. The van der Waals surface area contributed by atoms with Crippen molar-refractivity contribution in [3.63, 3.8) is 0 Å². The Balaban J connectivity index is 1.89. The highest BCUT2D eigenvalue weighted by Gasteiger charge is 2.21. The molecule has 41 heavy (non-hydrogen) atoms. The fraction of sp³-hybridized carbons (Fsp3) is 0.323. The van der Waals surface area contributed by atoms with E-state index in [9.17, 15) is 10.1 Å². The average molecular weight is 573 g/mol. The maximum atomic E-state index is 12.9. The first-order valence-corrected chi connectivity index (χ1v) is 13.9. The number of hydrogen-bond acceptors (Lipinski definition) is 8. The Bertz CT molecular complexity index is 1710. The molecule has 1 unspecified atom stereocenters. The van der Waals surface area contributed by atoms with Crippen LogP contribution in [-0.2, 0) is 7.05 Å². The average Bonchev–Trinajstić information content (AvgIpc) is 2.91. The zero-order valence-electron chi connectivity index (χ0n) is 24.1. The number of nitriles is 1. The maximum absolute atomic E-state index is 12.9. The first-order valence-electron chi connectivity index (χ1n) is 13.5. The molecule has 10 heteroatoms. The minimum Gasteiger partial charge on any atom is -0.399 e. The highest BCUT2D eigenvalue weighted by molar-refractivity contribution is 6.35. The SMILES string of the molecule is CCCN(N)/C=C(\N)C(Nc1cc(Cl)c2ncc(C#N)c(NCC(C)(C)C)c2c1)c1cccc2c(=O)n(C)ccc12. The van der Waals surface area contributed by atoms with E-state index in [-0.39, 0.29) is 11.0 Å². The lowest BCUT2D eigenvalue weighted by Gasteiger charge is -2.25. The number of aromatic nitrogens is 2. The number of aryl methyl sites for hydroxylation is 1. The Morgan fingerprint density at radius 3 is 2.68 bits per heavy atom. The van der Waals surface area contributed by atoms with E-state index in [2.05, 4.69) is 42.5 Å². The Hall–Kier alpha value is -4.26. The molecular formula is C31H37ClN8O. The van der Waals surface area contributed by atoms with Crippen molar-refractivity contribution in [2.24, 2.45) is 24.0 Å². The molecule has 0 saturated heterocycles. The van der Waals surface area contributed by atoms with Gasteiger partial charge < -0.3 is 25.9 Å². The zero-order chi connectivity index (χ0) is 29.9. The summed E-state index contributed by atoms with van der Waals surface area (Å²) in [6.07, 6.45) is 5.83. The summed E-state index contributed by atoms with van der Waals surface area (Å²) in [6.45, 7) is 9.65. The second-order valence-electron chi connectivity index (χ2n) is 11.4. The van der Waals surface area contributed by atoms with Crippen molar-refractivity contribution in [1.29, 1.82) is 5.26 Å². The maximum Gasteiger partial charge on any atom is 0.258 e. The van der Waals surface area contributed by atoms with Crippen molar-refractivity contribution in [3.05, 3.63) is 87.2 Å². The number of rotatable bonds is 9. The van der Waals surface area contributed by atoms with Gasteiger partial charge in [-0.05, 0) is 47.1 Å². The Morgan fingerprint density at radius 2 is 2.00 bits per heavy atom. The molecule has 2 heterocycles. The predicted octanol–water partition coefficient (Wildman–Crippen LogP) is 5.61. The lowest BCUT2D eigenvalue weighted by molar-refractivity contribution is 0.388. The molecule has 214 valence electrons. The Labute approximate surface area is 245 Å². The Morgan fingerprint density at radius 1 is 1.24 bits per heavy atom. The van der Waals surface area contributed by atoms with Gasteiger partial charge in [0, 0.05) is 55.2 Å². The molecule has 0 aliphatic heterocycles. The third-order valence-corrected chi connectivity index (χ3v) is 7.04. The molecule has 0 radical (unpaired) electrons. The smallest absolute Gasteiger partial charge is 0.258 e. The van der Waals surface area contributed by atoms with Crippen LogP contribution in [0.25, 0.3) is 21.7 Å². The summed E-state index contributed by atoms with van der Waals surface area (Å²) in [4.78, 5) is 17.4. The minimum atomic E-state index is -0.555. The van der Waals surface area contributed by atoms with E-state index in [0.717, 1.165) is 17.4 Å². The molecule has 9 nitrogen and oxygen atoms in total. The van der Waals surface area contributed by atoms with Gasteiger partial charge in [-0.25, -0.2) is 5.84 Å². The fourth-order valence-electron chi connectivity index (χ4n) is 4.72. The van der Waals surface area contributed by atoms with Crippen molar-refractivity contribution in [2.75, 3.05) is 23.7 Å². The third-order valence-electron chi connectivity index (χ3n) is 6.75. The van der Waals surface area contributed by atoms with Gasteiger partial charge in [-0.2, -0.15) is 5.26 Å². The van der Waals surface area contributed by atoms with Crippen LogP contribution in [0, 0.1) is 16.7 Å².